The lowest BCUT2D eigenvalue weighted by Gasteiger charge is -2.14. The molecule has 13 heavy (non-hydrogen) atoms. The van der Waals surface area contributed by atoms with E-state index in [2.05, 4.69) is 19.2 Å². The monoisotopic (exact) mass is 181 g/mol. The fourth-order valence-electron chi connectivity index (χ4n) is 1.35. The fourth-order valence-corrected chi connectivity index (χ4v) is 1.35. The first-order valence-electron chi connectivity index (χ1n) is 4.75. The van der Waals surface area contributed by atoms with Crippen molar-refractivity contribution in [2.45, 2.75) is 32.7 Å². The van der Waals surface area contributed by atoms with Crippen molar-refractivity contribution in [1.29, 1.82) is 0 Å². The minimum absolute atomic E-state index is 0.176. The zero-order valence-electron chi connectivity index (χ0n) is 8.18. The SMILES string of the molecule is CCC[C@H](C)Nc1ccccc1F. The van der Waals surface area contributed by atoms with Gasteiger partial charge in [0.1, 0.15) is 5.82 Å². The summed E-state index contributed by atoms with van der Waals surface area (Å²) in [7, 11) is 0. The van der Waals surface area contributed by atoms with Crippen LogP contribution in [0.5, 0.6) is 0 Å². The van der Waals surface area contributed by atoms with Crippen LogP contribution < -0.4 is 5.32 Å². The number of anilines is 1. The van der Waals surface area contributed by atoms with E-state index in [1.54, 1.807) is 12.1 Å². The van der Waals surface area contributed by atoms with Crippen LogP contribution in [0.1, 0.15) is 26.7 Å². The molecule has 1 atom stereocenters. The molecule has 0 saturated carbocycles. The predicted octanol–water partition coefficient (Wildman–Crippen LogP) is 3.43. The molecule has 0 saturated heterocycles. The number of benzene rings is 1. The molecule has 0 heterocycles. The van der Waals surface area contributed by atoms with Gasteiger partial charge in [-0.05, 0) is 25.5 Å². The second-order valence-corrected chi connectivity index (χ2v) is 3.31. The summed E-state index contributed by atoms with van der Waals surface area (Å²) in [5, 5.41) is 3.14. The fraction of sp³-hybridized carbons (Fsp3) is 0.455. The maximum atomic E-state index is 13.1. The van der Waals surface area contributed by atoms with Crippen molar-refractivity contribution in [3.8, 4) is 0 Å². The number of para-hydroxylation sites is 1. The second-order valence-electron chi connectivity index (χ2n) is 3.31. The summed E-state index contributed by atoms with van der Waals surface area (Å²) in [6, 6.07) is 7.11. The lowest BCUT2D eigenvalue weighted by molar-refractivity contribution is 0.620. The van der Waals surface area contributed by atoms with E-state index in [0.29, 0.717) is 11.7 Å². The zero-order chi connectivity index (χ0) is 9.68. The average molecular weight is 181 g/mol. The van der Waals surface area contributed by atoms with Crippen molar-refractivity contribution >= 4 is 5.69 Å². The van der Waals surface area contributed by atoms with Crippen LogP contribution in [-0.4, -0.2) is 6.04 Å². The number of hydrogen-bond acceptors (Lipinski definition) is 1. The molecule has 0 aromatic heterocycles. The van der Waals surface area contributed by atoms with Crippen LogP contribution in [-0.2, 0) is 0 Å². The van der Waals surface area contributed by atoms with Crippen LogP contribution in [0.4, 0.5) is 10.1 Å². The Labute approximate surface area is 79.0 Å². The molecular formula is C11H16FN. The number of halogens is 1. The molecule has 0 radical (unpaired) electrons. The third-order valence-corrected chi connectivity index (χ3v) is 2.00. The van der Waals surface area contributed by atoms with Crippen LogP contribution >= 0.6 is 0 Å². The number of rotatable bonds is 4. The molecular weight excluding hydrogens is 165 g/mol. The van der Waals surface area contributed by atoms with Gasteiger partial charge in [0.15, 0.2) is 0 Å². The lowest BCUT2D eigenvalue weighted by atomic mass is 10.2. The van der Waals surface area contributed by atoms with Crippen molar-refractivity contribution in [3.63, 3.8) is 0 Å². The Kier molecular flexibility index (Phi) is 3.74. The Balaban J connectivity index is 2.58. The normalized spacial score (nSPS) is 12.5. The molecule has 1 nitrogen and oxygen atoms in total. The van der Waals surface area contributed by atoms with Gasteiger partial charge in [0.05, 0.1) is 5.69 Å². The highest BCUT2D eigenvalue weighted by atomic mass is 19.1. The van der Waals surface area contributed by atoms with E-state index in [-0.39, 0.29) is 5.82 Å². The van der Waals surface area contributed by atoms with Crippen LogP contribution in [0, 0.1) is 5.82 Å². The Morgan fingerprint density at radius 1 is 1.38 bits per heavy atom. The molecule has 1 aromatic carbocycles. The Bertz CT molecular complexity index is 260. The predicted molar refractivity (Wildman–Crippen MR) is 54.4 cm³/mol. The average Bonchev–Trinajstić information content (AvgIpc) is 2.09. The van der Waals surface area contributed by atoms with E-state index in [0.717, 1.165) is 12.8 Å². The summed E-state index contributed by atoms with van der Waals surface area (Å²) < 4.78 is 13.1. The Morgan fingerprint density at radius 3 is 2.69 bits per heavy atom. The van der Waals surface area contributed by atoms with Gasteiger partial charge in [0.2, 0.25) is 0 Å². The first kappa shape index (κ1) is 10.0. The molecule has 1 N–H and O–H groups in total. The molecule has 0 bridgehead atoms. The van der Waals surface area contributed by atoms with Crippen molar-refractivity contribution in [1.82, 2.24) is 0 Å². The minimum atomic E-state index is -0.176. The van der Waals surface area contributed by atoms with E-state index in [1.807, 2.05) is 6.07 Å². The van der Waals surface area contributed by atoms with E-state index in [4.69, 9.17) is 0 Å². The van der Waals surface area contributed by atoms with Crippen LogP contribution in [0.15, 0.2) is 24.3 Å². The standard InChI is InChI=1S/C11H16FN/c1-3-6-9(2)13-11-8-5-4-7-10(11)12/h4-5,7-9,13H,3,6H2,1-2H3/t9-/m0/s1. The van der Waals surface area contributed by atoms with Gasteiger partial charge in [-0.15, -0.1) is 0 Å². The van der Waals surface area contributed by atoms with Gasteiger partial charge in [0, 0.05) is 6.04 Å². The van der Waals surface area contributed by atoms with Gasteiger partial charge in [-0.3, -0.25) is 0 Å². The second kappa shape index (κ2) is 4.85. The van der Waals surface area contributed by atoms with Gasteiger partial charge < -0.3 is 5.32 Å². The van der Waals surface area contributed by atoms with Crippen LogP contribution in [0.25, 0.3) is 0 Å². The first-order valence-corrected chi connectivity index (χ1v) is 4.75. The Morgan fingerprint density at radius 2 is 2.08 bits per heavy atom. The minimum Gasteiger partial charge on any atom is -0.380 e. The summed E-state index contributed by atoms with van der Waals surface area (Å²) in [5.41, 5.74) is 0.600. The highest BCUT2D eigenvalue weighted by Crippen LogP contribution is 2.14. The van der Waals surface area contributed by atoms with Crippen LogP contribution in [0.2, 0.25) is 0 Å². The molecule has 1 rings (SSSR count). The molecule has 2 heteroatoms. The molecule has 0 fully saturated rings. The summed E-state index contributed by atoms with van der Waals surface area (Å²) in [4.78, 5) is 0. The highest BCUT2D eigenvalue weighted by Gasteiger charge is 2.03. The molecule has 0 unspecified atom stereocenters. The number of nitrogens with one attached hydrogen (secondary N) is 1. The first-order chi connectivity index (χ1) is 6.24. The largest absolute Gasteiger partial charge is 0.380 e. The third-order valence-electron chi connectivity index (χ3n) is 2.00. The molecule has 1 aromatic rings. The van der Waals surface area contributed by atoms with E-state index in [1.165, 1.54) is 6.07 Å². The van der Waals surface area contributed by atoms with E-state index < -0.39 is 0 Å². The molecule has 0 aliphatic rings. The molecule has 0 aliphatic heterocycles. The quantitative estimate of drug-likeness (QED) is 0.750. The highest BCUT2D eigenvalue weighted by molar-refractivity contribution is 5.44. The molecule has 0 amide bonds. The zero-order valence-corrected chi connectivity index (χ0v) is 8.18. The van der Waals surface area contributed by atoms with Gasteiger partial charge in [0.25, 0.3) is 0 Å². The molecule has 0 aliphatic carbocycles. The van der Waals surface area contributed by atoms with Crippen molar-refractivity contribution in [2.24, 2.45) is 0 Å². The smallest absolute Gasteiger partial charge is 0.146 e. The maximum absolute atomic E-state index is 13.1. The molecule has 72 valence electrons. The summed E-state index contributed by atoms with van der Waals surface area (Å²) in [6.45, 7) is 4.19. The van der Waals surface area contributed by atoms with Gasteiger partial charge in [-0.1, -0.05) is 25.5 Å². The summed E-state index contributed by atoms with van der Waals surface area (Å²) >= 11 is 0. The third kappa shape index (κ3) is 3.05. The van der Waals surface area contributed by atoms with Crippen molar-refractivity contribution in [3.05, 3.63) is 30.1 Å². The van der Waals surface area contributed by atoms with Gasteiger partial charge in [-0.2, -0.15) is 0 Å². The van der Waals surface area contributed by atoms with Crippen LogP contribution in [0.3, 0.4) is 0 Å². The lowest BCUT2D eigenvalue weighted by Crippen LogP contribution is -2.15. The van der Waals surface area contributed by atoms with Gasteiger partial charge >= 0.3 is 0 Å². The Hall–Kier alpha value is -1.05. The number of hydrogen-bond donors (Lipinski definition) is 1. The van der Waals surface area contributed by atoms with Crippen molar-refractivity contribution < 1.29 is 4.39 Å². The van der Waals surface area contributed by atoms with E-state index in [9.17, 15) is 4.39 Å². The van der Waals surface area contributed by atoms with Crippen molar-refractivity contribution in [2.75, 3.05) is 5.32 Å². The van der Waals surface area contributed by atoms with Gasteiger partial charge in [-0.25, -0.2) is 4.39 Å². The molecule has 0 spiro atoms. The summed E-state index contributed by atoms with van der Waals surface area (Å²) in [5.74, 6) is -0.176. The van der Waals surface area contributed by atoms with E-state index >= 15 is 0 Å². The topological polar surface area (TPSA) is 12.0 Å². The maximum Gasteiger partial charge on any atom is 0.146 e. The summed E-state index contributed by atoms with van der Waals surface area (Å²) in [6.07, 6.45) is 2.18.